The summed E-state index contributed by atoms with van der Waals surface area (Å²) in [5.41, 5.74) is -0.552. The Balaban J connectivity index is 2.56. The lowest BCUT2D eigenvalue weighted by atomic mass is 9.96. The first-order valence-corrected chi connectivity index (χ1v) is 5.34. The number of hydrogen-bond acceptors (Lipinski definition) is 3. The van der Waals surface area contributed by atoms with Crippen LogP contribution in [-0.4, -0.2) is 24.8 Å². The maximum atomic E-state index is 9.15. The molecule has 1 saturated carbocycles. The Kier molecular flexibility index (Phi) is 3.91. The molecule has 0 heterocycles. The van der Waals surface area contributed by atoms with Gasteiger partial charge in [0.1, 0.15) is 5.54 Å². The third kappa shape index (κ3) is 2.46. The van der Waals surface area contributed by atoms with Gasteiger partial charge < -0.3 is 4.74 Å². The minimum absolute atomic E-state index is 0.0758. The molecule has 0 aromatic rings. The molecule has 2 unspecified atom stereocenters. The second-order valence-electron chi connectivity index (χ2n) is 4.32. The molecule has 1 aliphatic rings. The molecule has 1 rings (SSSR count). The highest BCUT2D eigenvalue weighted by atomic mass is 16.5. The van der Waals surface area contributed by atoms with Crippen molar-refractivity contribution in [3.05, 3.63) is 0 Å². The van der Waals surface area contributed by atoms with Gasteiger partial charge in [-0.25, -0.2) is 0 Å². The maximum Gasteiger partial charge on any atom is 0.130 e. The van der Waals surface area contributed by atoms with E-state index in [1.807, 2.05) is 13.8 Å². The molecule has 0 saturated heterocycles. The van der Waals surface area contributed by atoms with Crippen LogP contribution in [0.15, 0.2) is 0 Å². The number of methoxy groups -OCH3 is 1. The highest BCUT2D eigenvalue weighted by Crippen LogP contribution is 2.22. The summed E-state index contributed by atoms with van der Waals surface area (Å²) in [7, 11) is 1.65. The number of ether oxygens (including phenoxy) is 1. The molecule has 0 bridgehead atoms. The molecular weight excluding hydrogens is 176 g/mol. The molecule has 80 valence electrons. The number of nitrogens with one attached hydrogen (secondary N) is 1. The van der Waals surface area contributed by atoms with Crippen molar-refractivity contribution in [1.29, 1.82) is 5.26 Å². The van der Waals surface area contributed by atoms with E-state index in [0.717, 1.165) is 0 Å². The zero-order chi connectivity index (χ0) is 10.6. The normalized spacial score (nSPS) is 24.1. The van der Waals surface area contributed by atoms with Gasteiger partial charge in [-0.1, -0.05) is 12.8 Å². The number of rotatable bonds is 4. The molecule has 0 aromatic carbocycles. The van der Waals surface area contributed by atoms with Crippen molar-refractivity contribution in [3.63, 3.8) is 0 Å². The minimum Gasteiger partial charge on any atom is -0.379 e. The van der Waals surface area contributed by atoms with E-state index in [1.54, 1.807) is 7.11 Å². The van der Waals surface area contributed by atoms with Crippen molar-refractivity contribution >= 4 is 0 Å². The van der Waals surface area contributed by atoms with Crippen molar-refractivity contribution in [3.8, 4) is 6.07 Å². The fraction of sp³-hybridized carbons (Fsp3) is 0.909. The molecule has 0 aromatic heterocycles. The maximum absolute atomic E-state index is 9.15. The summed E-state index contributed by atoms with van der Waals surface area (Å²) >= 11 is 0. The lowest BCUT2D eigenvalue weighted by molar-refractivity contribution is 0.0575. The van der Waals surface area contributed by atoms with Crippen LogP contribution in [0, 0.1) is 11.3 Å². The Bertz CT molecular complexity index is 218. The van der Waals surface area contributed by atoms with Crippen molar-refractivity contribution in [2.75, 3.05) is 7.11 Å². The third-order valence-electron chi connectivity index (χ3n) is 3.26. The first-order chi connectivity index (χ1) is 6.62. The van der Waals surface area contributed by atoms with Gasteiger partial charge in [0.25, 0.3) is 0 Å². The van der Waals surface area contributed by atoms with E-state index < -0.39 is 5.54 Å². The molecule has 0 amide bonds. The van der Waals surface area contributed by atoms with Crippen molar-refractivity contribution in [2.24, 2.45) is 0 Å². The predicted molar refractivity (Wildman–Crippen MR) is 55.9 cm³/mol. The summed E-state index contributed by atoms with van der Waals surface area (Å²) in [6.45, 7) is 3.85. The van der Waals surface area contributed by atoms with E-state index in [9.17, 15) is 0 Å². The minimum atomic E-state index is -0.552. The smallest absolute Gasteiger partial charge is 0.130 e. The van der Waals surface area contributed by atoms with Crippen molar-refractivity contribution in [1.82, 2.24) is 5.32 Å². The van der Waals surface area contributed by atoms with E-state index in [4.69, 9.17) is 10.00 Å². The molecule has 2 atom stereocenters. The Morgan fingerprint density at radius 3 is 2.50 bits per heavy atom. The summed E-state index contributed by atoms with van der Waals surface area (Å²) in [6, 6.07) is 2.82. The monoisotopic (exact) mass is 196 g/mol. The van der Waals surface area contributed by atoms with Gasteiger partial charge in [-0.15, -0.1) is 0 Å². The van der Waals surface area contributed by atoms with E-state index in [0.29, 0.717) is 6.04 Å². The Hall–Kier alpha value is -0.590. The second-order valence-corrected chi connectivity index (χ2v) is 4.32. The first kappa shape index (κ1) is 11.5. The van der Waals surface area contributed by atoms with Crippen LogP contribution in [0.25, 0.3) is 0 Å². The number of nitrogens with zero attached hydrogens (tertiary/aromatic N) is 1. The zero-order valence-electron chi connectivity index (χ0n) is 9.34. The molecule has 1 aliphatic carbocycles. The molecule has 3 heteroatoms. The number of nitriles is 1. The third-order valence-corrected chi connectivity index (χ3v) is 3.26. The number of hydrogen-bond donors (Lipinski definition) is 1. The van der Waals surface area contributed by atoms with Crippen LogP contribution in [-0.2, 0) is 4.74 Å². The van der Waals surface area contributed by atoms with Gasteiger partial charge in [-0.3, -0.25) is 5.32 Å². The van der Waals surface area contributed by atoms with Crippen molar-refractivity contribution < 1.29 is 4.74 Å². The van der Waals surface area contributed by atoms with Crippen LogP contribution >= 0.6 is 0 Å². The summed E-state index contributed by atoms with van der Waals surface area (Å²) in [5.74, 6) is 0. The molecule has 0 spiro atoms. The van der Waals surface area contributed by atoms with Gasteiger partial charge in [0.15, 0.2) is 0 Å². The van der Waals surface area contributed by atoms with Crippen LogP contribution in [0.1, 0.15) is 39.5 Å². The fourth-order valence-corrected chi connectivity index (χ4v) is 1.97. The largest absolute Gasteiger partial charge is 0.379 e. The van der Waals surface area contributed by atoms with Crippen molar-refractivity contribution in [2.45, 2.75) is 57.2 Å². The van der Waals surface area contributed by atoms with Gasteiger partial charge in [0.2, 0.25) is 0 Å². The molecule has 1 N–H and O–H groups in total. The molecule has 0 radical (unpaired) electrons. The average molecular weight is 196 g/mol. The fourth-order valence-electron chi connectivity index (χ4n) is 1.97. The SMILES string of the molecule is COC(C)C(C)(C#N)NC1CCCC1. The molecule has 3 nitrogen and oxygen atoms in total. The van der Waals surface area contributed by atoms with E-state index >= 15 is 0 Å². The van der Waals surface area contributed by atoms with E-state index in [1.165, 1.54) is 25.7 Å². The molecular formula is C11H20N2O. The van der Waals surface area contributed by atoms with Crippen LogP contribution in [0.5, 0.6) is 0 Å². The van der Waals surface area contributed by atoms with E-state index in [2.05, 4.69) is 11.4 Å². The highest BCUT2D eigenvalue weighted by molar-refractivity contribution is 5.09. The predicted octanol–water partition coefficient (Wildman–Crippen LogP) is 1.84. The lowest BCUT2D eigenvalue weighted by Crippen LogP contribution is -2.54. The highest BCUT2D eigenvalue weighted by Gasteiger charge is 2.34. The van der Waals surface area contributed by atoms with Gasteiger partial charge in [-0.05, 0) is 26.7 Å². The summed E-state index contributed by atoms with van der Waals surface area (Å²) in [4.78, 5) is 0. The quantitative estimate of drug-likeness (QED) is 0.746. The van der Waals surface area contributed by atoms with Gasteiger partial charge in [0.05, 0.1) is 12.2 Å². The topological polar surface area (TPSA) is 45.0 Å². The van der Waals surface area contributed by atoms with Crippen LogP contribution in [0.4, 0.5) is 0 Å². The zero-order valence-corrected chi connectivity index (χ0v) is 9.34. The second kappa shape index (κ2) is 4.77. The van der Waals surface area contributed by atoms with Crippen LogP contribution in [0.3, 0.4) is 0 Å². The van der Waals surface area contributed by atoms with Gasteiger partial charge >= 0.3 is 0 Å². The van der Waals surface area contributed by atoms with Crippen LogP contribution in [0.2, 0.25) is 0 Å². The lowest BCUT2D eigenvalue weighted by Gasteiger charge is -2.31. The standard InChI is InChI=1S/C11H20N2O/c1-9(14-3)11(2,8-12)13-10-6-4-5-7-10/h9-10,13H,4-7H2,1-3H3. The summed E-state index contributed by atoms with van der Waals surface area (Å²) in [5, 5.41) is 12.6. The van der Waals surface area contributed by atoms with Gasteiger partial charge in [0, 0.05) is 13.2 Å². The molecule has 0 aliphatic heterocycles. The van der Waals surface area contributed by atoms with Crippen LogP contribution < -0.4 is 5.32 Å². The molecule has 14 heavy (non-hydrogen) atoms. The average Bonchev–Trinajstić information content (AvgIpc) is 2.68. The first-order valence-electron chi connectivity index (χ1n) is 5.34. The Morgan fingerprint density at radius 2 is 2.07 bits per heavy atom. The summed E-state index contributed by atoms with van der Waals surface area (Å²) < 4.78 is 5.23. The Morgan fingerprint density at radius 1 is 1.50 bits per heavy atom. The Labute approximate surface area is 86.4 Å². The summed E-state index contributed by atoms with van der Waals surface area (Å²) in [6.07, 6.45) is 4.86. The molecule has 1 fully saturated rings. The van der Waals surface area contributed by atoms with Gasteiger partial charge in [-0.2, -0.15) is 5.26 Å². The van der Waals surface area contributed by atoms with E-state index in [-0.39, 0.29) is 6.10 Å².